The van der Waals surface area contributed by atoms with Crippen LogP contribution in [0.5, 0.6) is 0 Å². The molecule has 5 nitrogen and oxygen atoms in total. The molecule has 25 heavy (non-hydrogen) atoms. The van der Waals surface area contributed by atoms with Gasteiger partial charge in [-0.15, -0.1) is 0 Å². The summed E-state index contributed by atoms with van der Waals surface area (Å²) in [5, 5.41) is 4.51. The molecule has 4 rings (SSSR count). The van der Waals surface area contributed by atoms with E-state index in [0.29, 0.717) is 5.95 Å². The van der Waals surface area contributed by atoms with Gasteiger partial charge >= 0.3 is 0 Å². The summed E-state index contributed by atoms with van der Waals surface area (Å²) in [5.41, 5.74) is 3.20. The van der Waals surface area contributed by atoms with Gasteiger partial charge in [-0.2, -0.15) is 4.98 Å². The third kappa shape index (κ3) is 3.28. The zero-order chi connectivity index (χ0) is 17.2. The van der Waals surface area contributed by atoms with Crippen LogP contribution in [0.1, 0.15) is 5.56 Å². The molecule has 1 aliphatic rings. The van der Waals surface area contributed by atoms with Crippen molar-refractivity contribution in [3.63, 3.8) is 0 Å². The van der Waals surface area contributed by atoms with E-state index in [1.165, 1.54) is 5.56 Å². The van der Waals surface area contributed by atoms with Crippen molar-refractivity contribution in [1.82, 2.24) is 14.9 Å². The standard InChI is InChI=1S/C20H23N5/c1-15-7-3-5-9-17(15)21-20-22-18-10-6-4-8-16(18)19(23-20)25-13-11-24(2)12-14-25/h3-10H,11-14H2,1-2H3,(H,21,22,23). The highest BCUT2D eigenvalue weighted by molar-refractivity contribution is 5.90. The van der Waals surface area contributed by atoms with Gasteiger partial charge in [-0.25, -0.2) is 4.98 Å². The average Bonchev–Trinajstić information content (AvgIpc) is 2.64. The molecular formula is C20H23N5. The second kappa shape index (κ2) is 6.69. The molecule has 5 heteroatoms. The summed E-state index contributed by atoms with van der Waals surface area (Å²) in [5.74, 6) is 1.68. The van der Waals surface area contributed by atoms with Crippen LogP contribution >= 0.6 is 0 Å². The summed E-state index contributed by atoms with van der Waals surface area (Å²) in [7, 11) is 2.17. The van der Waals surface area contributed by atoms with Crippen LogP contribution in [0.2, 0.25) is 0 Å². The molecule has 0 saturated carbocycles. The highest BCUT2D eigenvalue weighted by Crippen LogP contribution is 2.27. The van der Waals surface area contributed by atoms with Crippen molar-refractivity contribution in [3.05, 3.63) is 54.1 Å². The molecule has 3 aromatic rings. The number of fused-ring (bicyclic) bond motifs is 1. The maximum absolute atomic E-state index is 4.87. The van der Waals surface area contributed by atoms with E-state index in [1.807, 2.05) is 18.2 Å². The fraction of sp³-hybridized carbons (Fsp3) is 0.300. The van der Waals surface area contributed by atoms with E-state index in [9.17, 15) is 0 Å². The lowest BCUT2D eigenvalue weighted by Gasteiger charge is -2.33. The van der Waals surface area contributed by atoms with Crippen molar-refractivity contribution in [2.75, 3.05) is 43.4 Å². The van der Waals surface area contributed by atoms with E-state index in [1.54, 1.807) is 0 Å². The maximum atomic E-state index is 4.87. The number of para-hydroxylation sites is 2. The van der Waals surface area contributed by atoms with Crippen LogP contribution in [-0.4, -0.2) is 48.1 Å². The number of piperazine rings is 1. The molecule has 0 aliphatic carbocycles. The van der Waals surface area contributed by atoms with Gasteiger partial charge in [0.25, 0.3) is 0 Å². The third-order valence-electron chi connectivity index (χ3n) is 4.78. The number of nitrogens with one attached hydrogen (secondary N) is 1. The second-order valence-electron chi connectivity index (χ2n) is 6.62. The molecule has 0 unspecified atom stereocenters. The van der Waals surface area contributed by atoms with E-state index >= 15 is 0 Å². The number of aromatic nitrogens is 2. The summed E-state index contributed by atoms with van der Waals surface area (Å²) in [6.07, 6.45) is 0. The Balaban J connectivity index is 1.75. The molecule has 0 spiro atoms. The first-order chi connectivity index (χ1) is 12.2. The third-order valence-corrected chi connectivity index (χ3v) is 4.78. The first kappa shape index (κ1) is 15.8. The van der Waals surface area contributed by atoms with Crippen LogP contribution < -0.4 is 10.2 Å². The molecule has 1 fully saturated rings. The zero-order valence-electron chi connectivity index (χ0n) is 14.7. The number of hydrogen-bond acceptors (Lipinski definition) is 5. The lowest BCUT2D eigenvalue weighted by molar-refractivity contribution is 0.312. The lowest BCUT2D eigenvalue weighted by atomic mass is 10.2. The summed E-state index contributed by atoms with van der Waals surface area (Å²) >= 11 is 0. The van der Waals surface area contributed by atoms with E-state index in [0.717, 1.165) is 48.6 Å². The van der Waals surface area contributed by atoms with Crippen molar-refractivity contribution >= 4 is 28.4 Å². The molecule has 0 atom stereocenters. The Morgan fingerprint density at radius 3 is 2.40 bits per heavy atom. The predicted octanol–water partition coefficient (Wildman–Crippen LogP) is 3.43. The first-order valence-electron chi connectivity index (χ1n) is 8.73. The maximum Gasteiger partial charge on any atom is 0.229 e. The van der Waals surface area contributed by atoms with Gasteiger partial charge in [-0.05, 0) is 37.7 Å². The number of rotatable bonds is 3. The van der Waals surface area contributed by atoms with Crippen molar-refractivity contribution < 1.29 is 0 Å². The normalized spacial score (nSPS) is 15.5. The van der Waals surface area contributed by atoms with Gasteiger partial charge in [0.15, 0.2) is 0 Å². The van der Waals surface area contributed by atoms with E-state index in [2.05, 4.69) is 59.4 Å². The molecule has 128 valence electrons. The van der Waals surface area contributed by atoms with Crippen molar-refractivity contribution in [2.24, 2.45) is 0 Å². The number of anilines is 3. The van der Waals surface area contributed by atoms with Crippen LogP contribution in [0.15, 0.2) is 48.5 Å². The molecule has 2 heterocycles. The predicted molar refractivity (Wildman–Crippen MR) is 104 cm³/mol. The Morgan fingerprint density at radius 1 is 0.880 bits per heavy atom. The van der Waals surface area contributed by atoms with Gasteiger partial charge in [0, 0.05) is 37.3 Å². The molecule has 0 amide bonds. The highest BCUT2D eigenvalue weighted by Gasteiger charge is 2.19. The van der Waals surface area contributed by atoms with Crippen LogP contribution in [0.4, 0.5) is 17.5 Å². The van der Waals surface area contributed by atoms with Gasteiger partial charge < -0.3 is 15.1 Å². The Kier molecular flexibility index (Phi) is 4.24. The summed E-state index contributed by atoms with van der Waals surface area (Å²) < 4.78 is 0. The van der Waals surface area contributed by atoms with Crippen LogP contribution in [0.25, 0.3) is 10.9 Å². The average molecular weight is 333 g/mol. The fourth-order valence-electron chi connectivity index (χ4n) is 3.21. The largest absolute Gasteiger partial charge is 0.353 e. The van der Waals surface area contributed by atoms with Crippen molar-refractivity contribution in [2.45, 2.75) is 6.92 Å². The van der Waals surface area contributed by atoms with Crippen LogP contribution in [0, 0.1) is 6.92 Å². The molecule has 1 aliphatic heterocycles. The smallest absolute Gasteiger partial charge is 0.229 e. The number of aryl methyl sites for hydroxylation is 1. The minimum Gasteiger partial charge on any atom is -0.353 e. The molecule has 1 saturated heterocycles. The molecule has 1 aromatic heterocycles. The van der Waals surface area contributed by atoms with Gasteiger partial charge in [0.1, 0.15) is 5.82 Å². The van der Waals surface area contributed by atoms with Gasteiger partial charge in [0.05, 0.1) is 5.52 Å². The quantitative estimate of drug-likeness (QED) is 0.795. The van der Waals surface area contributed by atoms with E-state index in [4.69, 9.17) is 9.97 Å². The minimum absolute atomic E-state index is 0.655. The Morgan fingerprint density at radius 2 is 1.60 bits per heavy atom. The topological polar surface area (TPSA) is 44.3 Å². The second-order valence-corrected chi connectivity index (χ2v) is 6.62. The van der Waals surface area contributed by atoms with Crippen molar-refractivity contribution in [1.29, 1.82) is 0 Å². The minimum atomic E-state index is 0.655. The van der Waals surface area contributed by atoms with Crippen molar-refractivity contribution in [3.8, 4) is 0 Å². The van der Waals surface area contributed by atoms with Gasteiger partial charge in [0.2, 0.25) is 5.95 Å². The van der Waals surface area contributed by atoms with Crippen LogP contribution in [0.3, 0.4) is 0 Å². The molecule has 0 bridgehead atoms. The number of hydrogen-bond donors (Lipinski definition) is 1. The van der Waals surface area contributed by atoms with E-state index < -0.39 is 0 Å². The molecule has 0 radical (unpaired) electrons. The Bertz CT molecular complexity index is 884. The molecule has 1 N–H and O–H groups in total. The Labute approximate surface area is 148 Å². The van der Waals surface area contributed by atoms with Crippen LogP contribution in [-0.2, 0) is 0 Å². The van der Waals surface area contributed by atoms with Gasteiger partial charge in [-0.1, -0.05) is 30.3 Å². The molecular weight excluding hydrogens is 310 g/mol. The zero-order valence-corrected chi connectivity index (χ0v) is 14.7. The van der Waals surface area contributed by atoms with E-state index in [-0.39, 0.29) is 0 Å². The highest BCUT2D eigenvalue weighted by atomic mass is 15.3. The monoisotopic (exact) mass is 333 g/mol. The fourth-order valence-corrected chi connectivity index (χ4v) is 3.21. The Hall–Kier alpha value is -2.66. The first-order valence-corrected chi connectivity index (χ1v) is 8.73. The summed E-state index contributed by atoms with van der Waals surface area (Å²) in [6.45, 7) is 6.17. The SMILES string of the molecule is Cc1ccccc1Nc1nc(N2CCN(C)CC2)c2ccccc2n1. The summed E-state index contributed by atoms with van der Waals surface area (Å²) in [4.78, 5) is 14.3. The number of nitrogens with zero attached hydrogens (tertiary/aromatic N) is 4. The van der Waals surface area contributed by atoms with Gasteiger partial charge in [-0.3, -0.25) is 0 Å². The summed E-state index contributed by atoms with van der Waals surface area (Å²) in [6, 6.07) is 16.5. The lowest BCUT2D eigenvalue weighted by Crippen LogP contribution is -2.45. The molecule has 2 aromatic carbocycles. The number of benzene rings is 2. The number of likely N-dealkylation sites (N-methyl/N-ethyl adjacent to an activating group) is 1.